The number of fused-ring (bicyclic) bond motifs is 1. The molecule has 1 aliphatic heterocycles. The van der Waals surface area contributed by atoms with Crippen LogP contribution in [0.25, 0.3) is 0 Å². The van der Waals surface area contributed by atoms with Gasteiger partial charge < -0.3 is 10.2 Å². The van der Waals surface area contributed by atoms with Crippen LogP contribution in [0.5, 0.6) is 0 Å². The van der Waals surface area contributed by atoms with Gasteiger partial charge in [0.05, 0.1) is 12.1 Å². The summed E-state index contributed by atoms with van der Waals surface area (Å²) in [4.78, 5) is 18.9. The number of nitrogens with zero attached hydrogens (tertiary/aromatic N) is 2. The summed E-state index contributed by atoms with van der Waals surface area (Å²) in [6, 6.07) is 4.19. The van der Waals surface area contributed by atoms with Crippen molar-refractivity contribution >= 4 is 23.1 Å². The molecule has 0 fully saturated rings. The highest BCUT2D eigenvalue weighted by atomic mass is 32.1. The molecule has 2 aromatic rings. The standard InChI is InChI=1S/C15H14F3N3OS/c16-15(17,18)11-1-2-13(19-7-11)20-8-14(22)21-5-3-12-10(9-21)4-6-23-12/h1-2,4,6-7H,3,5,8-9H2,(H,19,20). The largest absolute Gasteiger partial charge is 0.417 e. The second-order valence-electron chi connectivity index (χ2n) is 5.22. The van der Waals surface area contributed by atoms with Gasteiger partial charge in [-0.1, -0.05) is 0 Å². The first-order valence-electron chi connectivity index (χ1n) is 7.03. The summed E-state index contributed by atoms with van der Waals surface area (Å²) in [5.41, 5.74) is 0.359. The van der Waals surface area contributed by atoms with Crippen LogP contribution in [0.15, 0.2) is 29.8 Å². The molecule has 4 nitrogen and oxygen atoms in total. The topological polar surface area (TPSA) is 45.2 Å². The summed E-state index contributed by atoms with van der Waals surface area (Å²) in [5, 5.41) is 4.79. The minimum atomic E-state index is -4.41. The Labute approximate surface area is 135 Å². The van der Waals surface area contributed by atoms with Gasteiger partial charge in [0, 0.05) is 24.2 Å². The van der Waals surface area contributed by atoms with Crippen molar-refractivity contribution in [3.8, 4) is 0 Å². The molecule has 0 spiro atoms. The molecule has 0 aromatic carbocycles. The van der Waals surface area contributed by atoms with Crippen molar-refractivity contribution in [2.45, 2.75) is 19.1 Å². The Kier molecular flexibility index (Phi) is 4.25. The van der Waals surface area contributed by atoms with Gasteiger partial charge in [0.15, 0.2) is 0 Å². The Hall–Kier alpha value is -2.09. The number of rotatable bonds is 3. The number of carbonyl (C=O) groups excluding carboxylic acids is 1. The average Bonchev–Trinajstić information content (AvgIpc) is 2.99. The van der Waals surface area contributed by atoms with Crippen molar-refractivity contribution in [1.29, 1.82) is 0 Å². The van der Waals surface area contributed by atoms with Crippen molar-refractivity contribution in [1.82, 2.24) is 9.88 Å². The van der Waals surface area contributed by atoms with Gasteiger partial charge in [-0.3, -0.25) is 4.79 Å². The molecule has 3 rings (SSSR count). The van der Waals surface area contributed by atoms with E-state index in [1.807, 2.05) is 11.4 Å². The molecule has 1 aliphatic rings. The zero-order valence-corrected chi connectivity index (χ0v) is 12.9. The molecule has 0 aliphatic carbocycles. The van der Waals surface area contributed by atoms with Gasteiger partial charge in [-0.15, -0.1) is 11.3 Å². The molecule has 0 atom stereocenters. The molecule has 2 aromatic heterocycles. The number of hydrogen-bond donors (Lipinski definition) is 1. The fraction of sp³-hybridized carbons (Fsp3) is 0.333. The van der Waals surface area contributed by atoms with Gasteiger partial charge in [-0.05, 0) is 35.6 Å². The second kappa shape index (κ2) is 6.19. The number of nitrogens with one attached hydrogen (secondary N) is 1. The molecule has 1 N–H and O–H groups in total. The lowest BCUT2D eigenvalue weighted by atomic mass is 10.1. The predicted octanol–water partition coefficient (Wildman–Crippen LogP) is 3.16. The Bertz CT molecular complexity index is 697. The molecule has 23 heavy (non-hydrogen) atoms. The Morgan fingerprint density at radius 2 is 2.17 bits per heavy atom. The van der Waals surface area contributed by atoms with Gasteiger partial charge >= 0.3 is 6.18 Å². The van der Waals surface area contributed by atoms with E-state index >= 15 is 0 Å². The van der Waals surface area contributed by atoms with Crippen molar-refractivity contribution < 1.29 is 18.0 Å². The molecule has 0 unspecified atom stereocenters. The number of hydrogen-bond acceptors (Lipinski definition) is 4. The molecule has 122 valence electrons. The summed E-state index contributed by atoms with van der Waals surface area (Å²) < 4.78 is 37.4. The third-order valence-electron chi connectivity index (χ3n) is 3.67. The second-order valence-corrected chi connectivity index (χ2v) is 6.22. The fourth-order valence-electron chi connectivity index (χ4n) is 2.41. The van der Waals surface area contributed by atoms with Crippen LogP contribution in [0, 0.1) is 0 Å². The Morgan fingerprint density at radius 3 is 2.87 bits per heavy atom. The zero-order chi connectivity index (χ0) is 16.4. The van der Waals surface area contributed by atoms with E-state index < -0.39 is 11.7 Å². The Balaban J connectivity index is 1.55. The number of carbonyl (C=O) groups is 1. The van der Waals surface area contributed by atoms with E-state index in [1.165, 1.54) is 16.5 Å². The number of halogens is 3. The number of anilines is 1. The lowest BCUT2D eigenvalue weighted by Crippen LogP contribution is -2.38. The van der Waals surface area contributed by atoms with Gasteiger partial charge in [-0.2, -0.15) is 13.2 Å². The molecule has 1 amide bonds. The minimum Gasteiger partial charge on any atom is -0.361 e. The van der Waals surface area contributed by atoms with Crippen molar-refractivity contribution in [3.63, 3.8) is 0 Å². The number of thiophene rings is 1. The van der Waals surface area contributed by atoms with Crippen LogP contribution in [0.1, 0.15) is 16.0 Å². The number of aromatic nitrogens is 1. The summed E-state index contributed by atoms with van der Waals surface area (Å²) in [6.45, 7) is 1.26. The molecular formula is C15H14F3N3OS. The molecule has 0 bridgehead atoms. The van der Waals surface area contributed by atoms with Crippen molar-refractivity contribution in [2.24, 2.45) is 0 Å². The maximum absolute atomic E-state index is 12.5. The van der Waals surface area contributed by atoms with E-state index in [9.17, 15) is 18.0 Å². The smallest absolute Gasteiger partial charge is 0.361 e. The quantitative estimate of drug-likeness (QED) is 0.933. The van der Waals surface area contributed by atoms with Crippen LogP contribution in [0.2, 0.25) is 0 Å². The SMILES string of the molecule is O=C(CNc1ccc(C(F)(F)F)cn1)N1CCc2sccc2C1. The highest BCUT2D eigenvalue weighted by Crippen LogP contribution is 2.29. The van der Waals surface area contributed by atoms with Crippen LogP contribution >= 0.6 is 11.3 Å². The van der Waals surface area contributed by atoms with Crippen molar-refractivity contribution in [2.75, 3.05) is 18.4 Å². The summed E-state index contributed by atoms with van der Waals surface area (Å²) in [6.07, 6.45) is -2.81. The van der Waals surface area contributed by atoms with Gasteiger partial charge in [0.25, 0.3) is 0 Å². The van der Waals surface area contributed by atoms with E-state index in [-0.39, 0.29) is 18.3 Å². The summed E-state index contributed by atoms with van der Waals surface area (Å²) in [5.74, 6) is 0.156. The van der Waals surface area contributed by atoms with Crippen LogP contribution < -0.4 is 5.32 Å². The number of alkyl halides is 3. The average molecular weight is 341 g/mol. The zero-order valence-electron chi connectivity index (χ0n) is 12.1. The molecule has 3 heterocycles. The van der Waals surface area contributed by atoms with E-state index in [2.05, 4.69) is 10.3 Å². The van der Waals surface area contributed by atoms with Crippen molar-refractivity contribution in [3.05, 3.63) is 45.8 Å². The maximum atomic E-state index is 12.5. The van der Waals surface area contributed by atoms with Crippen LogP contribution in [-0.4, -0.2) is 28.9 Å². The first-order valence-corrected chi connectivity index (χ1v) is 7.91. The first-order chi connectivity index (χ1) is 10.9. The molecule has 0 saturated heterocycles. The molecule has 8 heteroatoms. The monoisotopic (exact) mass is 341 g/mol. The van der Waals surface area contributed by atoms with Gasteiger partial charge in [0.1, 0.15) is 5.82 Å². The third-order valence-corrected chi connectivity index (χ3v) is 4.69. The van der Waals surface area contributed by atoms with E-state index in [0.29, 0.717) is 13.1 Å². The fourth-order valence-corrected chi connectivity index (χ4v) is 3.30. The molecule has 0 saturated carbocycles. The normalized spacial score (nSPS) is 14.5. The number of amides is 1. The van der Waals surface area contributed by atoms with Crippen LogP contribution in [0.4, 0.5) is 19.0 Å². The van der Waals surface area contributed by atoms with E-state index in [1.54, 1.807) is 16.2 Å². The lowest BCUT2D eigenvalue weighted by molar-refractivity contribution is -0.137. The Morgan fingerprint density at radius 1 is 1.35 bits per heavy atom. The molecule has 0 radical (unpaired) electrons. The number of pyridine rings is 1. The van der Waals surface area contributed by atoms with Crippen LogP contribution in [-0.2, 0) is 23.9 Å². The van der Waals surface area contributed by atoms with E-state index in [4.69, 9.17) is 0 Å². The highest BCUT2D eigenvalue weighted by Gasteiger charge is 2.30. The predicted molar refractivity (Wildman–Crippen MR) is 81.2 cm³/mol. The summed E-state index contributed by atoms with van der Waals surface area (Å²) in [7, 11) is 0. The third kappa shape index (κ3) is 3.64. The lowest BCUT2D eigenvalue weighted by Gasteiger charge is -2.27. The minimum absolute atomic E-state index is 0.0117. The van der Waals surface area contributed by atoms with Crippen LogP contribution in [0.3, 0.4) is 0 Å². The van der Waals surface area contributed by atoms with Gasteiger partial charge in [0.2, 0.25) is 5.91 Å². The van der Waals surface area contributed by atoms with Gasteiger partial charge in [-0.25, -0.2) is 4.98 Å². The summed E-state index contributed by atoms with van der Waals surface area (Å²) >= 11 is 1.70. The van der Waals surface area contributed by atoms with E-state index in [0.717, 1.165) is 18.7 Å². The first kappa shape index (κ1) is 15.8. The highest BCUT2D eigenvalue weighted by molar-refractivity contribution is 7.10. The molecular weight excluding hydrogens is 327 g/mol. The maximum Gasteiger partial charge on any atom is 0.417 e.